The molecule has 0 atom stereocenters. The second kappa shape index (κ2) is 5.66. The summed E-state index contributed by atoms with van der Waals surface area (Å²) in [4.78, 5) is 0. The predicted molar refractivity (Wildman–Crippen MR) is 84.0 cm³/mol. The van der Waals surface area contributed by atoms with Gasteiger partial charge in [0.15, 0.2) is 0 Å². The van der Waals surface area contributed by atoms with Crippen LogP contribution < -0.4 is 10.5 Å². The van der Waals surface area contributed by atoms with E-state index < -0.39 is 0 Å². The number of fused-ring (bicyclic) bond motifs is 1. The second-order valence-corrected chi connectivity index (χ2v) is 4.78. The summed E-state index contributed by atoms with van der Waals surface area (Å²) in [5.74, 6) is 0.894. The fourth-order valence-electron chi connectivity index (χ4n) is 2.34. The number of hydrogen-bond donors (Lipinski definition) is 1. The Kier molecular flexibility index (Phi) is 3.55. The molecule has 3 aromatic rings. The van der Waals surface area contributed by atoms with Crippen molar-refractivity contribution in [2.24, 2.45) is 0 Å². The van der Waals surface area contributed by atoms with Crippen LogP contribution in [0, 0.1) is 0 Å². The molecule has 20 heavy (non-hydrogen) atoms. The standard InChI is InChI=1S/C18H17NO/c19-17-10-11-18(16-9-5-4-8-15(16)17)20-13-12-14-6-2-1-3-7-14/h1-11H,12-13,19H2. The largest absolute Gasteiger partial charge is 0.493 e. The van der Waals surface area contributed by atoms with Gasteiger partial charge in [0.2, 0.25) is 0 Å². The Morgan fingerprint density at radius 3 is 2.25 bits per heavy atom. The molecule has 0 unspecified atom stereocenters. The molecule has 0 saturated carbocycles. The lowest BCUT2D eigenvalue weighted by atomic mass is 10.1. The van der Waals surface area contributed by atoms with Crippen molar-refractivity contribution in [3.05, 3.63) is 72.3 Å². The van der Waals surface area contributed by atoms with Crippen molar-refractivity contribution in [1.82, 2.24) is 0 Å². The van der Waals surface area contributed by atoms with E-state index in [0.717, 1.165) is 28.6 Å². The highest BCUT2D eigenvalue weighted by molar-refractivity contribution is 5.96. The Labute approximate surface area is 118 Å². The van der Waals surface area contributed by atoms with Gasteiger partial charge in [-0.1, -0.05) is 54.6 Å². The molecular weight excluding hydrogens is 246 g/mol. The molecule has 2 heteroatoms. The lowest BCUT2D eigenvalue weighted by molar-refractivity contribution is 0.326. The third-order valence-corrected chi connectivity index (χ3v) is 3.41. The van der Waals surface area contributed by atoms with Crippen LogP contribution in [0.25, 0.3) is 10.8 Å². The minimum absolute atomic E-state index is 0.665. The molecule has 2 N–H and O–H groups in total. The first-order valence-electron chi connectivity index (χ1n) is 6.78. The first-order valence-corrected chi connectivity index (χ1v) is 6.78. The molecule has 0 aromatic heterocycles. The van der Waals surface area contributed by atoms with E-state index in [0.29, 0.717) is 6.61 Å². The molecule has 0 fully saturated rings. The van der Waals surface area contributed by atoms with E-state index in [9.17, 15) is 0 Å². The zero-order valence-electron chi connectivity index (χ0n) is 11.3. The molecule has 0 aliphatic rings. The normalized spacial score (nSPS) is 10.6. The van der Waals surface area contributed by atoms with Gasteiger partial charge in [-0.05, 0) is 17.7 Å². The molecule has 3 rings (SSSR count). The molecule has 0 heterocycles. The molecule has 0 saturated heterocycles. The van der Waals surface area contributed by atoms with Gasteiger partial charge < -0.3 is 10.5 Å². The molecule has 3 aromatic carbocycles. The van der Waals surface area contributed by atoms with Gasteiger partial charge in [-0.2, -0.15) is 0 Å². The Balaban J connectivity index is 1.77. The van der Waals surface area contributed by atoms with E-state index in [1.165, 1.54) is 5.56 Å². The maximum absolute atomic E-state index is 5.99. The minimum Gasteiger partial charge on any atom is -0.493 e. The van der Waals surface area contributed by atoms with Gasteiger partial charge in [-0.3, -0.25) is 0 Å². The zero-order chi connectivity index (χ0) is 13.8. The Bertz CT molecular complexity index is 707. The third-order valence-electron chi connectivity index (χ3n) is 3.41. The van der Waals surface area contributed by atoms with Gasteiger partial charge in [0.05, 0.1) is 6.61 Å². The van der Waals surface area contributed by atoms with Gasteiger partial charge in [-0.25, -0.2) is 0 Å². The van der Waals surface area contributed by atoms with Crippen LogP contribution in [-0.2, 0) is 6.42 Å². The van der Waals surface area contributed by atoms with Crippen LogP contribution in [0.1, 0.15) is 5.56 Å². The van der Waals surface area contributed by atoms with Crippen LogP contribution in [0.15, 0.2) is 66.7 Å². The topological polar surface area (TPSA) is 35.2 Å². The average molecular weight is 263 g/mol. The van der Waals surface area contributed by atoms with E-state index in [4.69, 9.17) is 10.5 Å². The minimum atomic E-state index is 0.665. The summed E-state index contributed by atoms with van der Waals surface area (Å²) in [6.07, 6.45) is 0.902. The van der Waals surface area contributed by atoms with E-state index >= 15 is 0 Å². The number of nitrogen functional groups attached to an aromatic ring is 1. The quantitative estimate of drug-likeness (QED) is 0.721. The molecule has 0 bridgehead atoms. The fourth-order valence-corrected chi connectivity index (χ4v) is 2.34. The van der Waals surface area contributed by atoms with Gasteiger partial charge in [0, 0.05) is 22.9 Å². The highest BCUT2D eigenvalue weighted by Crippen LogP contribution is 2.29. The molecular formula is C18H17NO. The van der Waals surface area contributed by atoms with Crippen molar-refractivity contribution < 1.29 is 4.74 Å². The van der Waals surface area contributed by atoms with Crippen LogP contribution in [-0.4, -0.2) is 6.61 Å². The van der Waals surface area contributed by atoms with E-state index in [1.807, 2.05) is 54.6 Å². The fraction of sp³-hybridized carbons (Fsp3) is 0.111. The number of ether oxygens (including phenoxy) is 1. The molecule has 0 aliphatic carbocycles. The lowest BCUT2D eigenvalue weighted by Gasteiger charge is -2.11. The SMILES string of the molecule is Nc1ccc(OCCc2ccccc2)c2ccccc12. The Morgan fingerprint density at radius 1 is 0.750 bits per heavy atom. The third kappa shape index (κ3) is 2.59. The van der Waals surface area contributed by atoms with Crippen LogP contribution in [0.4, 0.5) is 5.69 Å². The first-order chi connectivity index (χ1) is 9.84. The predicted octanol–water partition coefficient (Wildman–Crippen LogP) is 4.04. The summed E-state index contributed by atoms with van der Waals surface area (Å²) >= 11 is 0. The van der Waals surface area contributed by atoms with E-state index in [1.54, 1.807) is 0 Å². The highest BCUT2D eigenvalue weighted by atomic mass is 16.5. The monoisotopic (exact) mass is 263 g/mol. The average Bonchev–Trinajstić information content (AvgIpc) is 2.51. The van der Waals surface area contributed by atoms with E-state index in [2.05, 4.69) is 12.1 Å². The van der Waals surface area contributed by atoms with E-state index in [-0.39, 0.29) is 0 Å². The number of hydrogen-bond acceptors (Lipinski definition) is 2. The molecule has 0 spiro atoms. The lowest BCUT2D eigenvalue weighted by Crippen LogP contribution is -2.02. The van der Waals surface area contributed by atoms with Crippen molar-refractivity contribution in [3.63, 3.8) is 0 Å². The van der Waals surface area contributed by atoms with Crippen molar-refractivity contribution in [2.75, 3.05) is 12.3 Å². The smallest absolute Gasteiger partial charge is 0.127 e. The molecule has 100 valence electrons. The summed E-state index contributed by atoms with van der Waals surface area (Å²) in [6, 6.07) is 22.3. The summed E-state index contributed by atoms with van der Waals surface area (Å²) in [5, 5.41) is 2.12. The Morgan fingerprint density at radius 2 is 1.45 bits per heavy atom. The van der Waals surface area contributed by atoms with Crippen molar-refractivity contribution in [2.45, 2.75) is 6.42 Å². The van der Waals surface area contributed by atoms with Gasteiger partial charge in [0.25, 0.3) is 0 Å². The first kappa shape index (κ1) is 12.5. The molecule has 0 amide bonds. The van der Waals surface area contributed by atoms with Crippen molar-refractivity contribution >= 4 is 16.5 Å². The number of rotatable bonds is 4. The van der Waals surface area contributed by atoms with Crippen molar-refractivity contribution in [1.29, 1.82) is 0 Å². The summed E-state index contributed by atoms with van der Waals surface area (Å²) in [6.45, 7) is 0.665. The van der Waals surface area contributed by atoms with Crippen LogP contribution in [0.5, 0.6) is 5.75 Å². The van der Waals surface area contributed by atoms with Gasteiger partial charge >= 0.3 is 0 Å². The number of benzene rings is 3. The summed E-state index contributed by atoms with van der Waals surface area (Å²) < 4.78 is 5.92. The van der Waals surface area contributed by atoms with Crippen LogP contribution in [0.2, 0.25) is 0 Å². The van der Waals surface area contributed by atoms with Crippen LogP contribution >= 0.6 is 0 Å². The van der Waals surface area contributed by atoms with Gasteiger partial charge in [-0.15, -0.1) is 0 Å². The number of nitrogens with two attached hydrogens (primary N) is 1. The summed E-state index contributed by atoms with van der Waals surface area (Å²) in [5.41, 5.74) is 8.06. The molecule has 2 nitrogen and oxygen atoms in total. The van der Waals surface area contributed by atoms with Crippen LogP contribution in [0.3, 0.4) is 0 Å². The maximum Gasteiger partial charge on any atom is 0.127 e. The molecule has 0 aliphatic heterocycles. The summed E-state index contributed by atoms with van der Waals surface area (Å²) in [7, 11) is 0. The zero-order valence-corrected chi connectivity index (χ0v) is 11.3. The Hall–Kier alpha value is -2.48. The maximum atomic E-state index is 5.99. The van der Waals surface area contributed by atoms with Gasteiger partial charge in [0.1, 0.15) is 5.75 Å². The molecule has 0 radical (unpaired) electrons. The van der Waals surface area contributed by atoms with Crippen molar-refractivity contribution in [3.8, 4) is 5.75 Å². The highest BCUT2D eigenvalue weighted by Gasteiger charge is 2.04. The second-order valence-electron chi connectivity index (χ2n) is 4.78. The number of anilines is 1.